The highest BCUT2D eigenvalue weighted by Gasteiger charge is 2.39. The summed E-state index contributed by atoms with van der Waals surface area (Å²) in [6, 6.07) is 0. The van der Waals surface area contributed by atoms with E-state index in [0.29, 0.717) is 6.42 Å². The van der Waals surface area contributed by atoms with Crippen LogP contribution >= 0.6 is 0 Å². The van der Waals surface area contributed by atoms with Gasteiger partial charge >= 0.3 is 5.97 Å². The number of likely N-dealkylation sites (N-methyl/N-ethyl adjacent to an activating group) is 1. The Labute approximate surface area is 133 Å². The minimum Gasteiger partial charge on any atom is -1.00 e. The lowest BCUT2D eigenvalue weighted by atomic mass is 9.79. The zero-order chi connectivity index (χ0) is 14.6. The molecular weight excluding hydrogens is 292 g/mol. The normalized spacial score (nSPS) is 22.4. The van der Waals surface area contributed by atoms with E-state index in [-0.39, 0.29) is 30.2 Å². The van der Waals surface area contributed by atoms with Gasteiger partial charge in [-0.15, -0.1) is 0 Å². The number of halogens is 1. The van der Waals surface area contributed by atoms with Crippen molar-refractivity contribution in [2.24, 2.45) is 5.41 Å². The maximum absolute atomic E-state index is 12.5. The summed E-state index contributed by atoms with van der Waals surface area (Å²) in [4.78, 5) is 27.8. The standard InChI is InChI=1S/C15H26N2O3.ClH/c1-16-7-4-8-17(10-9-16)13(18)11-15(12-14(19)20)5-2-3-6-15;/h2-12H2,1H3,(H,19,20);1H/p-1. The minimum absolute atomic E-state index is 0. The quantitative estimate of drug-likeness (QED) is 0.691. The van der Waals surface area contributed by atoms with Crippen molar-refractivity contribution in [2.75, 3.05) is 33.2 Å². The van der Waals surface area contributed by atoms with Crippen LogP contribution in [0.15, 0.2) is 0 Å². The molecule has 2 fully saturated rings. The number of amides is 1. The summed E-state index contributed by atoms with van der Waals surface area (Å²) in [5, 5.41) is 9.11. The second kappa shape index (κ2) is 7.99. The maximum Gasteiger partial charge on any atom is 0.303 e. The molecule has 0 aromatic heterocycles. The van der Waals surface area contributed by atoms with Gasteiger partial charge in [0.2, 0.25) is 5.91 Å². The Hall–Kier alpha value is -0.810. The predicted octanol–water partition coefficient (Wildman–Crippen LogP) is -1.42. The second-order valence-corrected chi connectivity index (χ2v) is 6.49. The van der Waals surface area contributed by atoms with Gasteiger partial charge in [0, 0.05) is 26.1 Å². The lowest BCUT2D eigenvalue weighted by Crippen LogP contribution is -3.00. The van der Waals surface area contributed by atoms with Crippen molar-refractivity contribution in [1.82, 2.24) is 9.80 Å². The number of hydrogen-bond donors (Lipinski definition) is 1. The highest BCUT2D eigenvalue weighted by Crippen LogP contribution is 2.44. The van der Waals surface area contributed by atoms with Gasteiger partial charge in [0.1, 0.15) is 0 Å². The SMILES string of the molecule is CN1CCCN(C(=O)CC2(CC(=O)O)CCCC2)CC1.[Cl-]. The van der Waals surface area contributed by atoms with Gasteiger partial charge in [-0.3, -0.25) is 9.59 Å². The fourth-order valence-corrected chi connectivity index (χ4v) is 3.59. The van der Waals surface area contributed by atoms with Crippen molar-refractivity contribution in [1.29, 1.82) is 0 Å². The molecule has 1 aliphatic heterocycles. The molecular formula is C15H26ClN2O3-. The first-order valence-electron chi connectivity index (χ1n) is 7.69. The van der Waals surface area contributed by atoms with E-state index in [1.54, 1.807) is 0 Å². The average molecular weight is 318 g/mol. The number of carboxylic acid groups (broad SMARTS) is 1. The Balaban J connectivity index is 0.00000220. The topological polar surface area (TPSA) is 60.9 Å². The summed E-state index contributed by atoms with van der Waals surface area (Å²) in [5.41, 5.74) is -0.277. The molecule has 122 valence electrons. The van der Waals surface area contributed by atoms with Gasteiger partial charge in [-0.05, 0) is 38.3 Å². The molecule has 0 aromatic carbocycles. The molecule has 21 heavy (non-hydrogen) atoms. The van der Waals surface area contributed by atoms with Crippen LogP contribution in [0.4, 0.5) is 0 Å². The maximum atomic E-state index is 12.5. The van der Waals surface area contributed by atoms with E-state index in [1.165, 1.54) is 0 Å². The van der Waals surface area contributed by atoms with Gasteiger partial charge in [-0.1, -0.05) is 12.8 Å². The summed E-state index contributed by atoms with van der Waals surface area (Å²) in [7, 11) is 2.08. The molecule has 1 heterocycles. The molecule has 1 aliphatic carbocycles. The van der Waals surface area contributed by atoms with E-state index in [9.17, 15) is 9.59 Å². The Kier molecular flexibility index (Phi) is 6.94. The molecule has 0 bridgehead atoms. The van der Waals surface area contributed by atoms with Crippen LogP contribution in [0, 0.1) is 5.41 Å². The van der Waals surface area contributed by atoms with E-state index in [0.717, 1.165) is 58.3 Å². The van der Waals surface area contributed by atoms with Crippen LogP contribution < -0.4 is 12.4 Å². The van der Waals surface area contributed by atoms with Crippen molar-refractivity contribution in [3.63, 3.8) is 0 Å². The first-order chi connectivity index (χ1) is 9.51. The molecule has 1 saturated heterocycles. The first-order valence-corrected chi connectivity index (χ1v) is 7.69. The number of rotatable bonds is 4. The van der Waals surface area contributed by atoms with E-state index >= 15 is 0 Å². The molecule has 0 radical (unpaired) electrons. The van der Waals surface area contributed by atoms with Crippen LogP contribution in [0.5, 0.6) is 0 Å². The van der Waals surface area contributed by atoms with E-state index in [1.807, 2.05) is 4.90 Å². The fraction of sp³-hybridized carbons (Fsp3) is 0.867. The van der Waals surface area contributed by atoms with E-state index in [2.05, 4.69) is 11.9 Å². The molecule has 5 nitrogen and oxygen atoms in total. The fourth-order valence-electron chi connectivity index (χ4n) is 3.59. The first kappa shape index (κ1) is 18.2. The van der Waals surface area contributed by atoms with Gasteiger partial charge in [0.25, 0.3) is 0 Å². The van der Waals surface area contributed by atoms with Gasteiger partial charge in [-0.2, -0.15) is 0 Å². The van der Waals surface area contributed by atoms with Crippen molar-refractivity contribution in [3.8, 4) is 0 Å². The lowest BCUT2D eigenvalue weighted by Gasteiger charge is -2.30. The third kappa shape index (κ3) is 5.15. The molecule has 6 heteroatoms. The molecule has 0 aromatic rings. The summed E-state index contributed by atoms with van der Waals surface area (Å²) in [6.45, 7) is 3.53. The highest BCUT2D eigenvalue weighted by molar-refractivity contribution is 5.78. The largest absolute Gasteiger partial charge is 1.00 e. The molecule has 1 amide bonds. The van der Waals surface area contributed by atoms with Crippen LogP contribution in [-0.2, 0) is 9.59 Å². The number of carboxylic acids is 1. The molecule has 0 atom stereocenters. The Morgan fingerprint density at radius 2 is 1.67 bits per heavy atom. The minimum atomic E-state index is -0.768. The Bertz CT molecular complexity index is 370. The zero-order valence-electron chi connectivity index (χ0n) is 12.8. The van der Waals surface area contributed by atoms with Crippen LogP contribution in [0.1, 0.15) is 44.9 Å². The second-order valence-electron chi connectivity index (χ2n) is 6.49. The summed E-state index contributed by atoms with van der Waals surface area (Å²) >= 11 is 0. The van der Waals surface area contributed by atoms with E-state index < -0.39 is 5.97 Å². The van der Waals surface area contributed by atoms with Crippen LogP contribution in [0.2, 0.25) is 0 Å². The third-order valence-corrected chi connectivity index (χ3v) is 4.79. The summed E-state index contributed by atoms with van der Waals surface area (Å²) in [6.07, 6.45) is 5.47. The number of nitrogens with zero attached hydrogens (tertiary/aromatic N) is 2. The van der Waals surface area contributed by atoms with Crippen molar-refractivity contribution in [3.05, 3.63) is 0 Å². The Morgan fingerprint density at radius 3 is 2.29 bits per heavy atom. The van der Waals surface area contributed by atoms with Crippen LogP contribution in [0.3, 0.4) is 0 Å². The number of aliphatic carboxylic acids is 1. The van der Waals surface area contributed by atoms with Gasteiger partial charge in [0.05, 0.1) is 6.42 Å². The Morgan fingerprint density at radius 1 is 1.00 bits per heavy atom. The smallest absolute Gasteiger partial charge is 0.303 e. The molecule has 1 N–H and O–H groups in total. The summed E-state index contributed by atoms with van der Waals surface area (Å²) < 4.78 is 0. The van der Waals surface area contributed by atoms with Crippen molar-refractivity contribution < 1.29 is 27.1 Å². The van der Waals surface area contributed by atoms with Gasteiger partial charge in [0.15, 0.2) is 0 Å². The molecule has 1 saturated carbocycles. The van der Waals surface area contributed by atoms with Gasteiger partial charge in [-0.25, -0.2) is 0 Å². The van der Waals surface area contributed by atoms with Crippen molar-refractivity contribution >= 4 is 11.9 Å². The highest BCUT2D eigenvalue weighted by atomic mass is 35.5. The van der Waals surface area contributed by atoms with Crippen molar-refractivity contribution in [2.45, 2.75) is 44.9 Å². The third-order valence-electron chi connectivity index (χ3n) is 4.79. The number of carbonyl (C=O) groups excluding carboxylic acids is 1. The number of hydrogen-bond acceptors (Lipinski definition) is 3. The zero-order valence-corrected chi connectivity index (χ0v) is 13.6. The molecule has 2 aliphatic rings. The predicted molar refractivity (Wildman–Crippen MR) is 76.5 cm³/mol. The molecule has 0 unspecified atom stereocenters. The summed E-state index contributed by atoms with van der Waals surface area (Å²) in [5.74, 6) is -0.612. The average Bonchev–Trinajstić information content (AvgIpc) is 2.68. The van der Waals surface area contributed by atoms with Gasteiger partial charge < -0.3 is 27.3 Å². The molecule has 2 rings (SSSR count). The monoisotopic (exact) mass is 317 g/mol. The number of carbonyl (C=O) groups is 2. The van der Waals surface area contributed by atoms with Crippen LogP contribution in [0.25, 0.3) is 0 Å². The van der Waals surface area contributed by atoms with Crippen LogP contribution in [-0.4, -0.2) is 60.0 Å². The van der Waals surface area contributed by atoms with E-state index in [4.69, 9.17) is 5.11 Å². The lowest BCUT2D eigenvalue weighted by molar-refractivity contribution is -0.141. The molecule has 0 spiro atoms.